The van der Waals surface area contributed by atoms with Crippen LogP contribution in [-0.2, 0) is 25.5 Å². The summed E-state index contributed by atoms with van der Waals surface area (Å²) in [5.74, 6) is -2.11. The number of nitrogens with zero attached hydrogens (tertiary/aromatic N) is 2. The van der Waals surface area contributed by atoms with Crippen molar-refractivity contribution in [2.45, 2.75) is 32.6 Å². The van der Waals surface area contributed by atoms with Gasteiger partial charge in [-0.3, -0.25) is 9.59 Å². The lowest BCUT2D eigenvalue weighted by Gasteiger charge is -2.49. The normalized spacial score (nSPS) is 27.9. The van der Waals surface area contributed by atoms with Crippen LogP contribution in [0.25, 0.3) is 11.8 Å². The van der Waals surface area contributed by atoms with Gasteiger partial charge in [0.15, 0.2) is 0 Å². The summed E-state index contributed by atoms with van der Waals surface area (Å²) in [5.41, 5.74) is 5.19. The van der Waals surface area contributed by atoms with E-state index in [1.807, 2.05) is 10.9 Å². The van der Waals surface area contributed by atoms with Crippen molar-refractivity contribution < 1.29 is 23.5 Å². The van der Waals surface area contributed by atoms with Gasteiger partial charge < -0.3 is 9.47 Å². The summed E-state index contributed by atoms with van der Waals surface area (Å²) in [7, 11) is 2.74. The molecule has 1 fully saturated rings. The molecule has 172 valence electrons. The van der Waals surface area contributed by atoms with Crippen LogP contribution in [0.5, 0.6) is 0 Å². The van der Waals surface area contributed by atoms with Gasteiger partial charge in [0.05, 0.1) is 43.6 Å². The van der Waals surface area contributed by atoms with Gasteiger partial charge in [-0.15, -0.1) is 0 Å². The molecule has 0 spiro atoms. The van der Waals surface area contributed by atoms with Gasteiger partial charge in [0.25, 0.3) is 0 Å². The molecule has 33 heavy (non-hydrogen) atoms. The number of allylic oxidation sites excluding steroid dienone is 3. The Labute approximate surface area is 192 Å². The number of esters is 2. The number of aromatic nitrogens is 2. The summed E-state index contributed by atoms with van der Waals surface area (Å²) in [6.45, 7) is 2.22. The molecule has 0 bridgehead atoms. The van der Waals surface area contributed by atoms with Crippen molar-refractivity contribution in [3.05, 3.63) is 64.8 Å². The van der Waals surface area contributed by atoms with Gasteiger partial charge >= 0.3 is 11.9 Å². The molecule has 0 aliphatic heterocycles. The summed E-state index contributed by atoms with van der Waals surface area (Å²) >= 11 is 0. The zero-order chi connectivity index (χ0) is 23.3. The summed E-state index contributed by atoms with van der Waals surface area (Å²) in [4.78, 5) is 25.2. The molecule has 1 aromatic carbocycles. The van der Waals surface area contributed by atoms with Gasteiger partial charge in [-0.1, -0.05) is 24.1 Å². The average Bonchev–Trinajstić information content (AvgIpc) is 3.23. The Hall–Kier alpha value is -3.22. The van der Waals surface area contributed by atoms with Crippen LogP contribution < -0.4 is 0 Å². The first-order valence-corrected chi connectivity index (χ1v) is 11.3. The third kappa shape index (κ3) is 3.33. The van der Waals surface area contributed by atoms with Crippen molar-refractivity contribution in [1.82, 2.24) is 9.78 Å². The average molecular weight is 451 g/mol. The molecule has 1 saturated carbocycles. The first-order valence-electron chi connectivity index (χ1n) is 11.3. The predicted octanol–water partition coefficient (Wildman–Crippen LogP) is 4.28. The van der Waals surface area contributed by atoms with Gasteiger partial charge in [-0.25, -0.2) is 9.07 Å². The number of fused-ring (bicyclic) bond motifs is 4. The lowest BCUT2D eigenvalue weighted by Crippen LogP contribution is -2.46. The maximum Gasteiger partial charge on any atom is 0.310 e. The van der Waals surface area contributed by atoms with Crippen molar-refractivity contribution in [2.24, 2.45) is 23.2 Å². The van der Waals surface area contributed by atoms with Gasteiger partial charge in [0.1, 0.15) is 5.82 Å². The molecule has 6 nitrogen and oxygen atoms in total. The maximum absolute atomic E-state index is 13.4. The van der Waals surface area contributed by atoms with Crippen LogP contribution in [0.4, 0.5) is 4.39 Å². The molecule has 0 saturated heterocycles. The van der Waals surface area contributed by atoms with Gasteiger partial charge in [0, 0.05) is 5.41 Å². The Balaban J connectivity index is 1.54. The standard InChI is InChI=1S/C26H27FN2O4/c1-26-13-15-14-28-29(18-7-5-17(27)6-8-18)22(15)12-16(26)4-9-19-21(26)11-10-20(24(30)32-2)23(19)25(31)33-3/h5-8,11-12,14,19-20,23H,4,9-10,13H2,1-3H3/t19-,20+,23+,26-/m0/s1. The molecule has 0 radical (unpaired) electrons. The lowest BCUT2D eigenvalue weighted by molar-refractivity contribution is -0.160. The molecule has 0 N–H and O–H groups in total. The van der Waals surface area contributed by atoms with Crippen LogP contribution >= 0.6 is 0 Å². The second kappa shape index (κ2) is 7.97. The minimum absolute atomic E-state index is 0.0638. The molecule has 5 rings (SSSR count). The second-order valence-electron chi connectivity index (χ2n) is 9.34. The molecule has 0 unspecified atom stereocenters. The number of benzene rings is 1. The van der Waals surface area contributed by atoms with E-state index in [2.05, 4.69) is 24.2 Å². The topological polar surface area (TPSA) is 70.4 Å². The summed E-state index contributed by atoms with van der Waals surface area (Å²) < 4.78 is 25.4. The highest BCUT2D eigenvalue weighted by Crippen LogP contribution is 2.57. The van der Waals surface area contributed by atoms with E-state index < -0.39 is 11.8 Å². The molecular formula is C26H27FN2O4. The number of hydrogen-bond donors (Lipinski definition) is 0. The molecule has 4 atom stereocenters. The molecule has 7 heteroatoms. The van der Waals surface area contributed by atoms with E-state index in [9.17, 15) is 14.0 Å². The largest absolute Gasteiger partial charge is 0.469 e. The number of rotatable bonds is 3. The van der Waals surface area contributed by atoms with Crippen LogP contribution in [0.15, 0.2) is 47.7 Å². The van der Waals surface area contributed by atoms with Crippen LogP contribution in [-0.4, -0.2) is 35.9 Å². The third-order valence-corrected chi connectivity index (χ3v) is 7.72. The van der Waals surface area contributed by atoms with Gasteiger partial charge in [-0.05, 0) is 67.5 Å². The van der Waals surface area contributed by atoms with Crippen molar-refractivity contribution in [2.75, 3.05) is 14.2 Å². The van der Waals surface area contributed by atoms with Crippen LogP contribution in [0.3, 0.4) is 0 Å². The third-order valence-electron chi connectivity index (χ3n) is 7.72. The van der Waals surface area contributed by atoms with Crippen molar-refractivity contribution in [3.63, 3.8) is 0 Å². The van der Waals surface area contributed by atoms with Crippen LogP contribution in [0, 0.1) is 29.0 Å². The first kappa shape index (κ1) is 21.6. The van der Waals surface area contributed by atoms with E-state index in [0.29, 0.717) is 6.42 Å². The maximum atomic E-state index is 13.4. The van der Waals surface area contributed by atoms with E-state index in [1.54, 1.807) is 12.1 Å². The monoisotopic (exact) mass is 450 g/mol. The molecule has 3 aliphatic rings. The molecule has 1 aromatic heterocycles. The summed E-state index contributed by atoms with van der Waals surface area (Å²) in [6.07, 6.45) is 9.02. The number of methoxy groups -OCH3 is 2. The predicted molar refractivity (Wildman–Crippen MR) is 120 cm³/mol. The van der Waals surface area contributed by atoms with E-state index >= 15 is 0 Å². The number of carbonyl (C=O) groups excluding carboxylic acids is 2. The zero-order valence-corrected chi connectivity index (χ0v) is 19.0. The Bertz CT molecular complexity index is 1180. The van der Waals surface area contributed by atoms with Crippen molar-refractivity contribution >= 4 is 18.0 Å². The highest BCUT2D eigenvalue weighted by atomic mass is 19.1. The molecule has 0 amide bonds. The molecule has 2 aromatic rings. The SMILES string of the molecule is COC(=O)[C@H]1[C@H](C(=O)OC)CC=C2[C@@H]1CCC1=Cc3c(cnn3-c3ccc(F)cc3)C[C@@]12C. The molecule has 3 aliphatic carbocycles. The van der Waals surface area contributed by atoms with Crippen LogP contribution in [0.1, 0.15) is 37.4 Å². The second-order valence-corrected chi connectivity index (χ2v) is 9.34. The Kier molecular flexibility index (Phi) is 5.22. The van der Waals surface area contributed by atoms with E-state index in [1.165, 1.54) is 37.5 Å². The minimum atomic E-state index is -0.538. The number of halogens is 1. The van der Waals surface area contributed by atoms with Gasteiger partial charge in [0.2, 0.25) is 0 Å². The number of ether oxygens (including phenoxy) is 2. The summed E-state index contributed by atoms with van der Waals surface area (Å²) in [6, 6.07) is 6.32. The first-order chi connectivity index (χ1) is 15.9. The van der Waals surface area contributed by atoms with E-state index in [4.69, 9.17) is 9.47 Å². The lowest BCUT2D eigenvalue weighted by atomic mass is 9.54. The van der Waals surface area contributed by atoms with Crippen molar-refractivity contribution in [3.8, 4) is 5.69 Å². The van der Waals surface area contributed by atoms with E-state index in [-0.39, 0.29) is 29.1 Å². The highest BCUT2D eigenvalue weighted by molar-refractivity contribution is 5.83. The molecular weight excluding hydrogens is 423 g/mol. The minimum Gasteiger partial charge on any atom is -0.469 e. The Morgan fingerprint density at radius 1 is 1.15 bits per heavy atom. The Morgan fingerprint density at radius 2 is 1.88 bits per heavy atom. The number of hydrogen-bond acceptors (Lipinski definition) is 5. The number of carbonyl (C=O) groups is 2. The van der Waals surface area contributed by atoms with Crippen LogP contribution in [0.2, 0.25) is 0 Å². The Morgan fingerprint density at radius 3 is 2.58 bits per heavy atom. The quantitative estimate of drug-likeness (QED) is 0.516. The fourth-order valence-corrected chi connectivity index (χ4v) is 6.09. The smallest absolute Gasteiger partial charge is 0.310 e. The fourth-order valence-electron chi connectivity index (χ4n) is 6.09. The van der Waals surface area contributed by atoms with Crippen molar-refractivity contribution in [1.29, 1.82) is 0 Å². The zero-order valence-electron chi connectivity index (χ0n) is 19.0. The fraction of sp³-hybridized carbons (Fsp3) is 0.423. The summed E-state index contributed by atoms with van der Waals surface area (Å²) in [5, 5.41) is 4.59. The molecule has 1 heterocycles. The highest BCUT2D eigenvalue weighted by Gasteiger charge is 2.52. The van der Waals surface area contributed by atoms with Gasteiger partial charge in [-0.2, -0.15) is 5.10 Å². The van der Waals surface area contributed by atoms with E-state index in [0.717, 1.165) is 36.2 Å².